The molecule has 0 unspecified atom stereocenters. The third-order valence-electron chi connectivity index (χ3n) is 2.03. The molecule has 2 atom stereocenters. The zero-order valence-corrected chi connectivity index (χ0v) is 6.68. The minimum Gasteiger partial charge on any atom is -0.354 e. The van der Waals surface area contributed by atoms with Crippen LogP contribution in [0.3, 0.4) is 0 Å². The third kappa shape index (κ3) is 2.01. The van der Waals surface area contributed by atoms with E-state index in [9.17, 15) is 4.79 Å². The maximum atomic E-state index is 11.0. The zero-order chi connectivity index (χ0) is 7.56. The lowest BCUT2D eigenvalue weighted by atomic mass is 10.0. The van der Waals surface area contributed by atoms with Crippen molar-refractivity contribution >= 4 is 5.91 Å². The van der Waals surface area contributed by atoms with Crippen LogP contribution in [0, 0.1) is 5.92 Å². The number of amides is 1. The topological polar surface area (TPSA) is 29.1 Å². The molecule has 0 aromatic carbocycles. The van der Waals surface area contributed by atoms with Gasteiger partial charge in [0.1, 0.15) is 0 Å². The predicted molar refractivity (Wildman–Crippen MR) is 40.6 cm³/mol. The number of nitrogens with one attached hydrogen (secondary N) is 1. The molecule has 0 aromatic heterocycles. The molecule has 0 saturated carbocycles. The van der Waals surface area contributed by atoms with E-state index in [1.54, 1.807) is 0 Å². The van der Waals surface area contributed by atoms with Crippen molar-refractivity contribution < 1.29 is 4.79 Å². The Kier molecular flexibility index (Phi) is 2.30. The van der Waals surface area contributed by atoms with Crippen molar-refractivity contribution in [3.8, 4) is 0 Å². The fourth-order valence-electron chi connectivity index (χ4n) is 1.36. The summed E-state index contributed by atoms with van der Waals surface area (Å²) in [6.07, 6.45) is 3.02. The highest BCUT2D eigenvalue weighted by atomic mass is 16.1. The van der Waals surface area contributed by atoms with Gasteiger partial charge in [0, 0.05) is 12.5 Å². The monoisotopic (exact) mass is 141 g/mol. The summed E-state index contributed by atoms with van der Waals surface area (Å²) in [6, 6.07) is 0.387. The lowest BCUT2D eigenvalue weighted by molar-refractivity contribution is -0.121. The van der Waals surface area contributed by atoms with Crippen LogP contribution in [0.2, 0.25) is 0 Å². The van der Waals surface area contributed by atoms with Gasteiger partial charge >= 0.3 is 0 Å². The standard InChI is InChI=1S/C8H15NO/c1-6-3-4-7(2)9-8(10)5-6/h6-7H,3-5H2,1-2H3,(H,9,10)/t6-,7-/m1/s1. The molecule has 2 nitrogen and oxygen atoms in total. The molecule has 1 aliphatic rings. The van der Waals surface area contributed by atoms with Crippen molar-refractivity contribution in [2.75, 3.05) is 0 Å². The molecular weight excluding hydrogens is 126 g/mol. The van der Waals surface area contributed by atoms with E-state index in [1.807, 2.05) is 0 Å². The smallest absolute Gasteiger partial charge is 0.220 e. The largest absolute Gasteiger partial charge is 0.354 e. The first-order valence-electron chi connectivity index (χ1n) is 3.98. The normalized spacial score (nSPS) is 34.8. The second-order valence-corrected chi connectivity index (χ2v) is 3.36. The van der Waals surface area contributed by atoms with E-state index in [-0.39, 0.29) is 5.91 Å². The van der Waals surface area contributed by atoms with E-state index in [4.69, 9.17) is 0 Å². The summed E-state index contributed by atoms with van der Waals surface area (Å²) in [6.45, 7) is 4.20. The molecule has 10 heavy (non-hydrogen) atoms. The molecule has 2 heteroatoms. The molecule has 1 aliphatic heterocycles. The van der Waals surface area contributed by atoms with Gasteiger partial charge in [0.25, 0.3) is 0 Å². The van der Waals surface area contributed by atoms with Crippen molar-refractivity contribution in [1.29, 1.82) is 0 Å². The van der Waals surface area contributed by atoms with Crippen molar-refractivity contribution in [2.24, 2.45) is 5.92 Å². The Morgan fingerprint density at radius 2 is 2.10 bits per heavy atom. The van der Waals surface area contributed by atoms with Crippen molar-refractivity contribution in [3.05, 3.63) is 0 Å². The number of rotatable bonds is 0. The van der Waals surface area contributed by atoms with Gasteiger partial charge in [-0.05, 0) is 25.7 Å². The summed E-state index contributed by atoms with van der Waals surface area (Å²) < 4.78 is 0. The van der Waals surface area contributed by atoms with Gasteiger partial charge in [0.05, 0.1) is 0 Å². The van der Waals surface area contributed by atoms with E-state index in [1.165, 1.54) is 6.42 Å². The molecule has 1 heterocycles. The second kappa shape index (κ2) is 3.04. The molecule has 58 valence electrons. The maximum Gasteiger partial charge on any atom is 0.220 e. The maximum absolute atomic E-state index is 11.0. The van der Waals surface area contributed by atoms with E-state index in [0.29, 0.717) is 18.4 Å². The lowest BCUT2D eigenvalue weighted by Gasteiger charge is -2.07. The molecule has 0 aliphatic carbocycles. The van der Waals surface area contributed by atoms with Gasteiger partial charge in [0.15, 0.2) is 0 Å². The zero-order valence-electron chi connectivity index (χ0n) is 6.68. The fourth-order valence-corrected chi connectivity index (χ4v) is 1.36. The Balaban J connectivity index is 2.46. The highest BCUT2D eigenvalue weighted by molar-refractivity contribution is 5.76. The number of carbonyl (C=O) groups is 1. The SMILES string of the molecule is C[C@@H]1CC[C@@H](C)NC(=O)C1. The van der Waals surface area contributed by atoms with E-state index < -0.39 is 0 Å². The Labute approximate surface area is 62.0 Å². The first kappa shape index (κ1) is 7.58. The van der Waals surface area contributed by atoms with Crippen LogP contribution in [0.1, 0.15) is 33.1 Å². The Morgan fingerprint density at radius 3 is 2.80 bits per heavy atom. The van der Waals surface area contributed by atoms with Crippen LogP contribution in [0.15, 0.2) is 0 Å². The number of hydrogen-bond acceptors (Lipinski definition) is 1. The van der Waals surface area contributed by atoms with E-state index in [2.05, 4.69) is 19.2 Å². The summed E-state index contributed by atoms with van der Waals surface area (Å²) in [5.41, 5.74) is 0. The summed E-state index contributed by atoms with van der Waals surface area (Å²) >= 11 is 0. The predicted octanol–water partition coefficient (Wildman–Crippen LogP) is 1.31. The summed E-state index contributed by atoms with van der Waals surface area (Å²) in [5.74, 6) is 0.794. The first-order chi connectivity index (χ1) is 4.68. The van der Waals surface area contributed by atoms with Crippen LogP contribution in [-0.2, 0) is 4.79 Å². The minimum atomic E-state index is 0.220. The molecule has 0 radical (unpaired) electrons. The van der Waals surface area contributed by atoms with Crippen LogP contribution in [0.25, 0.3) is 0 Å². The van der Waals surface area contributed by atoms with Crippen LogP contribution < -0.4 is 5.32 Å². The molecule has 1 rings (SSSR count). The summed E-state index contributed by atoms with van der Waals surface area (Å²) in [4.78, 5) is 11.0. The highest BCUT2D eigenvalue weighted by Crippen LogP contribution is 2.15. The average Bonchev–Trinajstić information content (AvgIpc) is 1.93. The molecule has 0 spiro atoms. The Morgan fingerprint density at radius 1 is 1.40 bits per heavy atom. The molecular formula is C8H15NO. The molecule has 1 N–H and O–H groups in total. The van der Waals surface area contributed by atoms with Gasteiger partial charge in [-0.3, -0.25) is 4.79 Å². The molecule has 0 bridgehead atoms. The lowest BCUT2D eigenvalue weighted by Crippen LogP contribution is -2.30. The van der Waals surface area contributed by atoms with Gasteiger partial charge in [0.2, 0.25) is 5.91 Å². The number of carbonyl (C=O) groups excluding carboxylic acids is 1. The summed E-state index contributed by atoms with van der Waals surface area (Å²) in [5, 5.41) is 2.93. The van der Waals surface area contributed by atoms with Crippen molar-refractivity contribution in [3.63, 3.8) is 0 Å². The average molecular weight is 141 g/mol. The van der Waals surface area contributed by atoms with Gasteiger partial charge in [-0.25, -0.2) is 0 Å². The number of hydrogen-bond donors (Lipinski definition) is 1. The van der Waals surface area contributed by atoms with Crippen LogP contribution in [-0.4, -0.2) is 11.9 Å². The molecule has 0 aromatic rings. The van der Waals surface area contributed by atoms with E-state index in [0.717, 1.165) is 6.42 Å². The third-order valence-corrected chi connectivity index (χ3v) is 2.03. The quantitative estimate of drug-likeness (QED) is 0.541. The minimum absolute atomic E-state index is 0.220. The van der Waals surface area contributed by atoms with Gasteiger partial charge < -0.3 is 5.32 Å². The van der Waals surface area contributed by atoms with E-state index >= 15 is 0 Å². The molecule has 1 fully saturated rings. The van der Waals surface area contributed by atoms with Gasteiger partial charge in [-0.15, -0.1) is 0 Å². The van der Waals surface area contributed by atoms with Gasteiger partial charge in [-0.1, -0.05) is 6.92 Å². The van der Waals surface area contributed by atoms with Crippen molar-refractivity contribution in [2.45, 2.75) is 39.2 Å². The summed E-state index contributed by atoms with van der Waals surface area (Å²) in [7, 11) is 0. The Bertz CT molecular complexity index is 119. The molecule has 1 amide bonds. The second-order valence-electron chi connectivity index (χ2n) is 3.36. The highest BCUT2D eigenvalue weighted by Gasteiger charge is 2.16. The van der Waals surface area contributed by atoms with Crippen molar-refractivity contribution in [1.82, 2.24) is 5.32 Å². The Hall–Kier alpha value is -0.530. The first-order valence-corrected chi connectivity index (χ1v) is 3.98. The van der Waals surface area contributed by atoms with Crippen LogP contribution >= 0.6 is 0 Å². The molecule has 1 saturated heterocycles. The van der Waals surface area contributed by atoms with Crippen LogP contribution in [0.5, 0.6) is 0 Å². The fraction of sp³-hybridized carbons (Fsp3) is 0.875. The van der Waals surface area contributed by atoms with Gasteiger partial charge in [-0.2, -0.15) is 0 Å². The van der Waals surface area contributed by atoms with Crippen LogP contribution in [0.4, 0.5) is 0 Å².